The predicted octanol–water partition coefficient (Wildman–Crippen LogP) is 3.83. The van der Waals surface area contributed by atoms with Gasteiger partial charge in [-0.2, -0.15) is 0 Å². The lowest BCUT2D eigenvalue weighted by atomic mass is 9.88. The van der Waals surface area contributed by atoms with Crippen molar-refractivity contribution in [1.29, 1.82) is 0 Å². The largest absolute Gasteiger partial charge is 0.481 e. The predicted molar refractivity (Wildman–Crippen MR) is 233 cm³/mol. The first-order valence-corrected chi connectivity index (χ1v) is 22.2. The van der Waals surface area contributed by atoms with Crippen molar-refractivity contribution >= 4 is 53.2 Å². The number of carbonyl (C=O) groups excluding carboxylic acids is 7. The Bertz CT molecular complexity index is 2010. The van der Waals surface area contributed by atoms with Gasteiger partial charge >= 0.3 is 18.0 Å². The number of unbranched alkanes of at least 4 members (excludes halogenated alkanes) is 1. The zero-order valence-electron chi connectivity index (χ0n) is 37.4. The number of nitrogens with one attached hydrogen (secondary N) is 3. The van der Waals surface area contributed by atoms with Crippen LogP contribution in [0.2, 0.25) is 0 Å². The minimum absolute atomic E-state index is 0.00345. The maximum Gasteiger partial charge on any atom is 0.410 e. The molecule has 2 aliphatic rings. The van der Waals surface area contributed by atoms with Gasteiger partial charge in [0.15, 0.2) is 0 Å². The van der Waals surface area contributed by atoms with Crippen LogP contribution in [0, 0.1) is 17.8 Å². The van der Waals surface area contributed by atoms with Crippen molar-refractivity contribution in [3.63, 3.8) is 0 Å². The van der Waals surface area contributed by atoms with Gasteiger partial charge in [0.25, 0.3) is 5.91 Å². The SMILES string of the molecule is CCCC(NC(=O)C1CC(OC(=O)N2CCc3ccccc3C2)CN1C(=O)[C@@H](NC(=O)[C@H](CC(=O)CCCCC(=O)O)C(C)C)C(C)C)C(=O)C(=O)N[C@@H](Cc1ccccc1)C(=O)O. The number of carboxylic acids is 2. The Morgan fingerprint density at radius 1 is 0.797 bits per heavy atom. The molecule has 0 spiro atoms. The minimum Gasteiger partial charge on any atom is -0.481 e. The number of rotatable bonds is 23. The summed E-state index contributed by atoms with van der Waals surface area (Å²) in [6.07, 6.45) is -0.371. The van der Waals surface area contributed by atoms with Gasteiger partial charge in [0.1, 0.15) is 30.0 Å². The van der Waals surface area contributed by atoms with E-state index in [4.69, 9.17) is 9.84 Å². The molecule has 17 nitrogen and oxygen atoms in total. The van der Waals surface area contributed by atoms with Crippen LogP contribution in [0.25, 0.3) is 0 Å². The maximum absolute atomic E-state index is 14.6. The second-order valence-electron chi connectivity index (χ2n) is 17.4. The highest BCUT2D eigenvalue weighted by molar-refractivity contribution is 6.38. The Hall–Kier alpha value is -6.13. The van der Waals surface area contributed by atoms with Crippen LogP contribution < -0.4 is 16.0 Å². The van der Waals surface area contributed by atoms with Gasteiger partial charge < -0.3 is 40.7 Å². The molecule has 5 N–H and O–H groups in total. The fourth-order valence-electron chi connectivity index (χ4n) is 8.04. The Labute approximate surface area is 374 Å². The highest BCUT2D eigenvalue weighted by Crippen LogP contribution is 2.27. The summed E-state index contributed by atoms with van der Waals surface area (Å²) in [4.78, 5) is 122. The third-order valence-electron chi connectivity index (χ3n) is 11.7. The summed E-state index contributed by atoms with van der Waals surface area (Å²) in [5.74, 6) is -8.53. The Balaban J connectivity index is 1.55. The van der Waals surface area contributed by atoms with Crippen molar-refractivity contribution in [2.45, 2.75) is 136 Å². The molecule has 3 unspecified atom stereocenters. The molecule has 0 saturated carbocycles. The molecule has 0 bridgehead atoms. The van der Waals surface area contributed by atoms with Crippen molar-refractivity contribution in [2.24, 2.45) is 17.8 Å². The van der Waals surface area contributed by atoms with E-state index in [2.05, 4.69) is 16.0 Å². The molecular formula is C47H63N5O12. The van der Waals surface area contributed by atoms with E-state index < -0.39 is 89.6 Å². The summed E-state index contributed by atoms with van der Waals surface area (Å²) in [5.41, 5.74) is 2.69. The number of amides is 5. The molecule has 17 heteroatoms. The molecule has 2 aromatic rings. The first-order chi connectivity index (χ1) is 30.4. The fraction of sp³-hybridized carbons (Fsp3) is 0.553. The van der Waals surface area contributed by atoms with Crippen LogP contribution >= 0.6 is 0 Å². The number of Topliss-reactive ketones (excluding diaryl/α,β-unsaturated/α-hetero) is 2. The number of likely N-dealkylation sites (tertiary alicyclic amines) is 1. The van der Waals surface area contributed by atoms with Gasteiger partial charge in [-0.25, -0.2) is 9.59 Å². The lowest BCUT2D eigenvalue weighted by molar-refractivity contribution is -0.146. The lowest BCUT2D eigenvalue weighted by Gasteiger charge is -2.32. The van der Waals surface area contributed by atoms with Gasteiger partial charge in [-0.3, -0.25) is 33.6 Å². The summed E-state index contributed by atoms with van der Waals surface area (Å²) >= 11 is 0. The van der Waals surface area contributed by atoms with Gasteiger partial charge in [0.05, 0.1) is 12.6 Å². The number of carbonyl (C=O) groups is 9. The van der Waals surface area contributed by atoms with Crippen LogP contribution in [0.1, 0.15) is 103 Å². The number of benzene rings is 2. The number of fused-ring (bicyclic) bond motifs is 1. The Morgan fingerprint density at radius 3 is 2.08 bits per heavy atom. The maximum atomic E-state index is 14.6. The van der Waals surface area contributed by atoms with Crippen LogP contribution in [0.5, 0.6) is 0 Å². The highest BCUT2D eigenvalue weighted by atomic mass is 16.6. The molecule has 0 radical (unpaired) electrons. The molecule has 1 saturated heterocycles. The normalized spacial score (nSPS) is 17.7. The molecule has 2 aromatic carbocycles. The first kappa shape index (κ1) is 50.5. The number of ketones is 2. The molecule has 6 atom stereocenters. The summed E-state index contributed by atoms with van der Waals surface area (Å²) in [6, 6.07) is 10.9. The number of nitrogens with zero attached hydrogens (tertiary/aromatic N) is 2. The lowest BCUT2D eigenvalue weighted by Crippen LogP contribution is -2.58. The Kier molecular flexibility index (Phi) is 19.0. The van der Waals surface area contributed by atoms with Crippen molar-refractivity contribution < 1.29 is 58.1 Å². The minimum atomic E-state index is -1.44. The first-order valence-electron chi connectivity index (χ1n) is 22.2. The number of hydrogen-bond acceptors (Lipinski definition) is 10. The van der Waals surface area contributed by atoms with Crippen LogP contribution in [-0.4, -0.2) is 117 Å². The van der Waals surface area contributed by atoms with E-state index in [1.807, 2.05) is 24.3 Å². The summed E-state index contributed by atoms with van der Waals surface area (Å²) in [5, 5.41) is 26.5. The van der Waals surface area contributed by atoms with E-state index in [1.54, 1.807) is 65.0 Å². The molecular weight excluding hydrogens is 827 g/mol. The summed E-state index contributed by atoms with van der Waals surface area (Å²) in [6.45, 7) is 9.13. The van der Waals surface area contributed by atoms with E-state index in [0.29, 0.717) is 44.3 Å². The Morgan fingerprint density at radius 2 is 1.45 bits per heavy atom. The molecule has 0 aromatic heterocycles. The van der Waals surface area contributed by atoms with Crippen molar-refractivity contribution in [1.82, 2.24) is 25.8 Å². The van der Waals surface area contributed by atoms with Crippen LogP contribution in [0.15, 0.2) is 54.6 Å². The van der Waals surface area contributed by atoms with Crippen LogP contribution in [-0.2, 0) is 62.5 Å². The van der Waals surface area contributed by atoms with Gasteiger partial charge in [-0.1, -0.05) is 95.6 Å². The average molecular weight is 890 g/mol. The highest BCUT2D eigenvalue weighted by Gasteiger charge is 2.46. The third kappa shape index (κ3) is 14.5. The van der Waals surface area contributed by atoms with Gasteiger partial charge in [-0.05, 0) is 54.2 Å². The standard InChI is InChI=1S/C47H63N5O12/c1-6-14-36(41(56)44(59)49-37(46(61)62)23-30-15-8-7-9-16-30)48-43(58)38-25-34(64-47(63)51-22-21-31-17-10-11-18-32(31)26-51)27-52(38)45(60)40(29(4)5)50-42(57)35(28(2)3)24-33(53)19-12-13-20-39(54)55/h7-11,15-18,28-29,34-38,40H,6,12-14,19-27H2,1-5H3,(H,48,58)(H,49,59)(H,50,57)(H,54,55)(H,61,62)/t34?,35-,36?,37+,38?,40+/m1/s1. The zero-order chi connectivity index (χ0) is 47.1. The van der Waals surface area contributed by atoms with Crippen LogP contribution in [0.4, 0.5) is 4.79 Å². The number of hydrogen-bond donors (Lipinski definition) is 5. The van der Waals surface area contributed by atoms with Gasteiger partial charge in [-0.15, -0.1) is 0 Å². The zero-order valence-corrected chi connectivity index (χ0v) is 37.4. The molecule has 4 rings (SSSR count). The number of ether oxygens (including phenoxy) is 1. The smallest absolute Gasteiger partial charge is 0.410 e. The van der Waals surface area contributed by atoms with E-state index in [9.17, 15) is 48.3 Å². The fourth-order valence-corrected chi connectivity index (χ4v) is 8.04. The number of carboxylic acid groups (broad SMARTS) is 2. The molecule has 5 amide bonds. The molecule has 0 aliphatic carbocycles. The topological polar surface area (TPSA) is 246 Å². The van der Waals surface area contributed by atoms with E-state index in [-0.39, 0.29) is 56.8 Å². The molecule has 348 valence electrons. The molecule has 64 heavy (non-hydrogen) atoms. The third-order valence-corrected chi connectivity index (χ3v) is 11.7. The van der Waals surface area contributed by atoms with Crippen molar-refractivity contribution in [3.8, 4) is 0 Å². The van der Waals surface area contributed by atoms with E-state index in [0.717, 1.165) is 11.1 Å². The van der Waals surface area contributed by atoms with E-state index in [1.165, 1.54) is 9.80 Å². The van der Waals surface area contributed by atoms with E-state index >= 15 is 0 Å². The van der Waals surface area contributed by atoms with Gasteiger partial charge in [0.2, 0.25) is 23.5 Å². The quantitative estimate of drug-likeness (QED) is 0.0790. The van der Waals surface area contributed by atoms with Crippen molar-refractivity contribution in [2.75, 3.05) is 13.1 Å². The monoisotopic (exact) mass is 889 g/mol. The molecule has 2 aliphatic heterocycles. The molecule has 2 heterocycles. The average Bonchev–Trinajstić information content (AvgIpc) is 3.68. The number of aliphatic carboxylic acids is 2. The van der Waals surface area contributed by atoms with Crippen molar-refractivity contribution in [3.05, 3.63) is 71.3 Å². The second kappa shape index (κ2) is 24.1. The second-order valence-corrected chi connectivity index (χ2v) is 17.4. The summed E-state index contributed by atoms with van der Waals surface area (Å²) in [7, 11) is 0. The van der Waals surface area contributed by atoms with Crippen LogP contribution in [0.3, 0.4) is 0 Å². The molecule has 1 fully saturated rings. The van der Waals surface area contributed by atoms with Gasteiger partial charge in [0, 0.05) is 51.1 Å². The summed E-state index contributed by atoms with van der Waals surface area (Å²) < 4.78 is 5.94.